The van der Waals surface area contributed by atoms with Crippen molar-refractivity contribution in [2.45, 2.75) is 16.9 Å². The van der Waals surface area contributed by atoms with Gasteiger partial charge < -0.3 is 10.4 Å². The molecule has 1 aliphatic heterocycles. The molecule has 0 aliphatic carbocycles. The van der Waals surface area contributed by atoms with Crippen LogP contribution in [0.25, 0.3) is 0 Å². The minimum atomic E-state index is -1.17. The molecule has 0 spiro atoms. The van der Waals surface area contributed by atoms with E-state index in [4.69, 9.17) is 0 Å². The lowest BCUT2D eigenvalue weighted by Gasteiger charge is -2.36. The molecule has 0 amide bonds. The number of hydrogen-bond donors (Lipinski definition) is 2. The van der Waals surface area contributed by atoms with Gasteiger partial charge in [-0.1, -0.05) is 18.2 Å². The number of benzene rings is 2. The minimum absolute atomic E-state index is 0.343. The second kappa shape index (κ2) is 5.41. The number of halogens is 1. The van der Waals surface area contributed by atoms with Crippen LogP contribution in [0.3, 0.4) is 0 Å². The van der Waals surface area contributed by atoms with Gasteiger partial charge in [0.25, 0.3) is 0 Å². The zero-order valence-electron chi connectivity index (χ0n) is 11.2. The second-order valence-corrected chi connectivity index (χ2v) is 6.07. The van der Waals surface area contributed by atoms with Crippen LogP contribution in [0.15, 0.2) is 53.4 Å². The van der Waals surface area contributed by atoms with E-state index in [2.05, 4.69) is 5.32 Å². The first-order chi connectivity index (χ1) is 10.1. The van der Waals surface area contributed by atoms with Gasteiger partial charge in [-0.05, 0) is 36.8 Å². The van der Waals surface area contributed by atoms with Crippen LogP contribution in [0.1, 0.15) is 12.0 Å². The summed E-state index contributed by atoms with van der Waals surface area (Å²) in [5.74, 6) is -0.540. The molecule has 1 atom stereocenters. The maximum absolute atomic E-state index is 13.0. The van der Waals surface area contributed by atoms with Gasteiger partial charge in [0.2, 0.25) is 0 Å². The molecule has 0 fully saturated rings. The van der Waals surface area contributed by atoms with Crippen LogP contribution >= 0.6 is 11.8 Å². The molecule has 3 rings (SSSR count). The van der Waals surface area contributed by atoms with Crippen LogP contribution in [-0.2, 0) is 10.3 Å². The molecule has 108 valence electrons. The molecule has 3 nitrogen and oxygen atoms in total. The third kappa shape index (κ3) is 2.49. The first-order valence-electron chi connectivity index (χ1n) is 6.61. The van der Waals surface area contributed by atoms with Crippen molar-refractivity contribution in [1.29, 1.82) is 0 Å². The largest absolute Gasteiger partial charge is 0.479 e. The average molecular weight is 303 g/mol. The molecular weight excluding hydrogens is 289 g/mol. The van der Waals surface area contributed by atoms with E-state index in [1.54, 1.807) is 23.9 Å². The third-order valence-electron chi connectivity index (χ3n) is 3.65. The van der Waals surface area contributed by atoms with Crippen molar-refractivity contribution in [3.8, 4) is 0 Å². The maximum atomic E-state index is 13.0. The van der Waals surface area contributed by atoms with E-state index in [1.807, 2.05) is 24.3 Å². The lowest BCUT2D eigenvalue weighted by Crippen LogP contribution is -2.45. The van der Waals surface area contributed by atoms with Crippen molar-refractivity contribution in [2.24, 2.45) is 0 Å². The Labute approximate surface area is 126 Å². The normalized spacial score (nSPS) is 20.6. The van der Waals surface area contributed by atoms with E-state index in [1.165, 1.54) is 12.1 Å². The topological polar surface area (TPSA) is 49.3 Å². The second-order valence-electron chi connectivity index (χ2n) is 4.94. The van der Waals surface area contributed by atoms with Crippen molar-refractivity contribution >= 4 is 23.4 Å². The summed E-state index contributed by atoms with van der Waals surface area (Å²) in [5, 5.41) is 12.9. The van der Waals surface area contributed by atoms with Crippen LogP contribution in [0.2, 0.25) is 0 Å². The van der Waals surface area contributed by atoms with Crippen molar-refractivity contribution in [3.05, 3.63) is 59.9 Å². The lowest BCUT2D eigenvalue weighted by atomic mass is 9.86. The summed E-state index contributed by atoms with van der Waals surface area (Å²) in [6, 6.07) is 13.3. The van der Waals surface area contributed by atoms with Gasteiger partial charge in [-0.2, -0.15) is 0 Å². The Morgan fingerprint density at radius 3 is 2.62 bits per heavy atom. The standard InChI is InChI=1S/C16H14FNO2S/c17-11-5-7-12(8-6-11)18-16(15(19)20)9-10-21-14-4-2-1-3-13(14)16/h1-8,18H,9-10H2,(H,19,20). The molecule has 0 saturated carbocycles. The summed E-state index contributed by atoms with van der Waals surface area (Å²) in [6.45, 7) is 0. The molecule has 2 aromatic rings. The SMILES string of the molecule is O=C(O)C1(Nc2ccc(F)cc2)CCSc2ccccc21. The van der Waals surface area contributed by atoms with Gasteiger partial charge in [0.15, 0.2) is 5.54 Å². The third-order valence-corrected chi connectivity index (χ3v) is 4.72. The Balaban J connectivity index is 2.05. The molecule has 1 unspecified atom stereocenters. The van der Waals surface area contributed by atoms with Crippen LogP contribution in [-0.4, -0.2) is 16.8 Å². The molecular formula is C16H14FNO2S. The number of thioether (sulfide) groups is 1. The fourth-order valence-electron chi connectivity index (χ4n) is 2.58. The Bertz CT molecular complexity index is 674. The molecule has 1 aliphatic rings. The van der Waals surface area contributed by atoms with Gasteiger partial charge in [-0.15, -0.1) is 11.8 Å². The smallest absolute Gasteiger partial charge is 0.334 e. The monoisotopic (exact) mass is 303 g/mol. The van der Waals surface area contributed by atoms with Crippen LogP contribution in [0.5, 0.6) is 0 Å². The summed E-state index contributed by atoms with van der Waals surface area (Å²) in [6.07, 6.45) is 0.474. The molecule has 0 aromatic heterocycles. The van der Waals surface area contributed by atoms with Gasteiger partial charge in [0, 0.05) is 21.9 Å². The van der Waals surface area contributed by atoms with Crippen molar-refractivity contribution in [1.82, 2.24) is 0 Å². The Morgan fingerprint density at radius 2 is 1.90 bits per heavy atom. The maximum Gasteiger partial charge on any atom is 0.334 e. The van der Waals surface area contributed by atoms with Gasteiger partial charge >= 0.3 is 5.97 Å². The molecule has 0 radical (unpaired) electrons. The number of fused-ring (bicyclic) bond motifs is 1. The molecule has 21 heavy (non-hydrogen) atoms. The van der Waals surface area contributed by atoms with E-state index in [9.17, 15) is 14.3 Å². The number of aliphatic carboxylic acids is 1. The van der Waals surface area contributed by atoms with E-state index < -0.39 is 11.5 Å². The summed E-state index contributed by atoms with van der Waals surface area (Å²) < 4.78 is 13.0. The predicted octanol–water partition coefficient (Wildman–Crippen LogP) is 3.71. The molecule has 0 bridgehead atoms. The number of rotatable bonds is 3. The fraction of sp³-hybridized carbons (Fsp3) is 0.188. The Kier molecular flexibility index (Phi) is 3.59. The zero-order chi connectivity index (χ0) is 14.9. The number of nitrogens with one attached hydrogen (secondary N) is 1. The highest BCUT2D eigenvalue weighted by Crippen LogP contribution is 2.42. The average Bonchev–Trinajstić information content (AvgIpc) is 2.50. The summed E-state index contributed by atoms with van der Waals surface area (Å²) in [4.78, 5) is 12.9. The number of anilines is 1. The zero-order valence-corrected chi connectivity index (χ0v) is 12.0. The highest BCUT2D eigenvalue weighted by atomic mass is 32.2. The van der Waals surface area contributed by atoms with Crippen molar-refractivity contribution < 1.29 is 14.3 Å². The Morgan fingerprint density at radius 1 is 1.19 bits per heavy atom. The number of carboxylic acids is 1. The number of carbonyl (C=O) groups is 1. The quantitative estimate of drug-likeness (QED) is 0.907. The van der Waals surface area contributed by atoms with Gasteiger partial charge in [0.05, 0.1) is 0 Å². The van der Waals surface area contributed by atoms with E-state index >= 15 is 0 Å². The van der Waals surface area contributed by atoms with Crippen molar-refractivity contribution in [2.75, 3.05) is 11.1 Å². The van der Waals surface area contributed by atoms with Crippen LogP contribution in [0, 0.1) is 5.82 Å². The first kappa shape index (κ1) is 13.9. The molecule has 1 heterocycles. The molecule has 2 N–H and O–H groups in total. The van der Waals surface area contributed by atoms with E-state index in [-0.39, 0.29) is 5.82 Å². The highest BCUT2D eigenvalue weighted by molar-refractivity contribution is 7.99. The summed E-state index contributed by atoms with van der Waals surface area (Å²) >= 11 is 1.66. The molecule has 0 saturated heterocycles. The first-order valence-corrected chi connectivity index (χ1v) is 7.60. The number of hydrogen-bond acceptors (Lipinski definition) is 3. The van der Waals surface area contributed by atoms with E-state index in [0.29, 0.717) is 12.1 Å². The van der Waals surface area contributed by atoms with Gasteiger partial charge in [-0.25, -0.2) is 9.18 Å². The summed E-state index contributed by atoms with van der Waals surface area (Å²) in [7, 11) is 0. The fourth-order valence-corrected chi connectivity index (χ4v) is 3.78. The van der Waals surface area contributed by atoms with Crippen molar-refractivity contribution in [3.63, 3.8) is 0 Å². The van der Waals surface area contributed by atoms with Crippen LogP contribution in [0.4, 0.5) is 10.1 Å². The Hall–Kier alpha value is -2.01. The molecule has 5 heteroatoms. The lowest BCUT2D eigenvalue weighted by molar-refractivity contribution is -0.143. The summed E-state index contributed by atoms with van der Waals surface area (Å²) in [5.41, 5.74) is 0.193. The van der Waals surface area contributed by atoms with E-state index in [0.717, 1.165) is 16.2 Å². The highest BCUT2D eigenvalue weighted by Gasteiger charge is 2.44. The van der Waals surface area contributed by atoms with Gasteiger partial charge in [-0.3, -0.25) is 0 Å². The number of carboxylic acid groups (broad SMARTS) is 1. The van der Waals surface area contributed by atoms with Crippen LogP contribution < -0.4 is 5.32 Å². The molecule has 2 aromatic carbocycles. The minimum Gasteiger partial charge on any atom is -0.479 e. The predicted molar refractivity (Wildman–Crippen MR) is 81.1 cm³/mol. The van der Waals surface area contributed by atoms with Gasteiger partial charge in [0.1, 0.15) is 5.82 Å².